The molecule has 4 aromatic rings. The summed E-state index contributed by atoms with van der Waals surface area (Å²) in [6.07, 6.45) is 4.77. The molecule has 2 aromatic carbocycles. The molecule has 1 atom stereocenters. The van der Waals surface area contributed by atoms with Crippen LogP contribution in [0, 0.1) is 0 Å². The number of benzene rings is 2. The maximum Gasteiger partial charge on any atom is 0.269 e. The number of carbonyl (C=O) groups excluding carboxylic acids is 2. The number of pyridine rings is 1. The Morgan fingerprint density at radius 1 is 0.950 bits per heavy atom. The van der Waals surface area contributed by atoms with Crippen molar-refractivity contribution in [1.82, 2.24) is 29.5 Å². The predicted molar refractivity (Wildman–Crippen MR) is 222 cm³/mol. The molecule has 0 spiro atoms. The molecule has 2 aromatic heterocycles. The molecule has 2 amide bonds. The van der Waals surface area contributed by atoms with Crippen LogP contribution in [0.1, 0.15) is 81.8 Å². The molecule has 4 aliphatic rings. The number of amides is 2. The van der Waals surface area contributed by atoms with E-state index in [1.165, 1.54) is 23.3 Å². The number of aromatic amines is 1. The number of halogens is 2. The topological polar surface area (TPSA) is 190 Å². The lowest BCUT2D eigenvalue weighted by Crippen LogP contribution is -2.47. The van der Waals surface area contributed by atoms with Crippen LogP contribution < -0.4 is 25.8 Å². The SMILES string of the molecule is CC1(O)CCCC1.O=C1CCC(c2ccc(N3CCN(CCOc4ccc(S(=O)(=O)N5CCC(Nc6ncc7cc(C(F)F)c(=O)[nH]c7n6)CC5)cc4)CC3)cc2)C(=O)N1. The average Bonchev–Trinajstić information content (AvgIpc) is 3.65. The van der Waals surface area contributed by atoms with E-state index in [2.05, 4.69) is 35.4 Å². The van der Waals surface area contributed by atoms with E-state index in [4.69, 9.17) is 4.74 Å². The lowest BCUT2D eigenvalue weighted by molar-refractivity contribution is -0.134. The Labute approximate surface area is 347 Å². The van der Waals surface area contributed by atoms with Crippen molar-refractivity contribution in [3.63, 3.8) is 0 Å². The van der Waals surface area contributed by atoms with Crippen molar-refractivity contribution in [2.45, 2.75) is 87.2 Å². The normalized spacial score (nSPS) is 20.5. The van der Waals surface area contributed by atoms with Crippen LogP contribution in [0.5, 0.6) is 5.75 Å². The van der Waals surface area contributed by atoms with Crippen molar-refractivity contribution < 1.29 is 36.6 Å². The number of H-pyrrole nitrogens is 1. The van der Waals surface area contributed by atoms with Crippen molar-refractivity contribution in [3.8, 4) is 5.75 Å². The van der Waals surface area contributed by atoms with Gasteiger partial charge in [-0.3, -0.25) is 24.6 Å². The first-order valence-electron chi connectivity index (χ1n) is 20.6. The molecule has 5 heterocycles. The highest BCUT2D eigenvalue weighted by Gasteiger charge is 2.31. The van der Waals surface area contributed by atoms with Gasteiger partial charge in [-0.1, -0.05) is 25.0 Å². The van der Waals surface area contributed by atoms with E-state index in [-0.39, 0.29) is 64.3 Å². The maximum absolute atomic E-state index is 13.4. The molecule has 1 aliphatic carbocycles. The lowest BCUT2D eigenvalue weighted by Gasteiger charge is -2.36. The van der Waals surface area contributed by atoms with Gasteiger partial charge in [0.15, 0.2) is 0 Å². The molecule has 322 valence electrons. The molecule has 4 N–H and O–H groups in total. The number of aliphatic hydroxyl groups is 1. The van der Waals surface area contributed by atoms with Gasteiger partial charge in [-0.2, -0.15) is 9.29 Å². The van der Waals surface area contributed by atoms with Crippen LogP contribution in [-0.4, -0.2) is 114 Å². The number of nitrogens with one attached hydrogen (secondary N) is 3. The van der Waals surface area contributed by atoms with E-state index in [1.807, 2.05) is 31.2 Å². The van der Waals surface area contributed by atoms with Crippen molar-refractivity contribution in [1.29, 1.82) is 0 Å². The smallest absolute Gasteiger partial charge is 0.269 e. The zero-order chi connectivity index (χ0) is 42.4. The molecule has 4 fully saturated rings. The van der Waals surface area contributed by atoms with E-state index < -0.39 is 27.6 Å². The molecule has 3 saturated heterocycles. The average molecular weight is 851 g/mol. The van der Waals surface area contributed by atoms with Gasteiger partial charge in [-0.15, -0.1) is 0 Å². The number of ether oxygens (including phenoxy) is 1. The van der Waals surface area contributed by atoms with Gasteiger partial charge < -0.3 is 25.0 Å². The molecule has 15 nitrogen and oxygen atoms in total. The number of hydrogen-bond acceptors (Lipinski definition) is 12. The fourth-order valence-electron chi connectivity index (χ4n) is 8.11. The second-order valence-electron chi connectivity index (χ2n) is 16.1. The van der Waals surface area contributed by atoms with E-state index >= 15 is 0 Å². The molecular formula is C42H52F2N8O7S. The minimum absolute atomic E-state index is 0.122. The zero-order valence-electron chi connectivity index (χ0n) is 33.6. The minimum atomic E-state index is -3.72. The van der Waals surface area contributed by atoms with Crippen LogP contribution in [0.3, 0.4) is 0 Å². The summed E-state index contributed by atoms with van der Waals surface area (Å²) in [5.74, 6) is 0.0633. The molecule has 0 bridgehead atoms. The van der Waals surface area contributed by atoms with Gasteiger partial charge >= 0.3 is 0 Å². The highest BCUT2D eigenvalue weighted by molar-refractivity contribution is 7.89. The molecule has 1 unspecified atom stereocenters. The highest BCUT2D eigenvalue weighted by atomic mass is 32.2. The second kappa shape index (κ2) is 18.7. The number of carbonyl (C=O) groups is 2. The van der Waals surface area contributed by atoms with E-state index in [1.54, 1.807) is 24.3 Å². The summed E-state index contributed by atoms with van der Waals surface area (Å²) in [6.45, 7) is 7.09. The highest BCUT2D eigenvalue weighted by Crippen LogP contribution is 2.29. The van der Waals surface area contributed by atoms with Gasteiger partial charge in [0.25, 0.3) is 12.0 Å². The number of piperidine rings is 2. The number of sulfonamides is 1. The first kappa shape index (κ1) is 43.1. The summed E-state index contributed by atoms with van der Waals surface area (Å²) in [6, 6.07) is 15.4. The summed E-state index contributed by atoms with van der Waals surface area (Å²) < 4.78 is 60.3. The Morgan fingerprint density at radius 3 is 2.25 bits per heavy atom. The number of nitrogens with zero attached hydrogens (tertiary/aromatic N) is 5. The van der Waals surface area contributed by atoms with E-state index in [0.29, 0.717) is 38.0 Å². The number of alkyl halides is 2. The summed E-state index contributed by atoms with van der Waals surface area (Å²) in [5.41, 5.74) is 0.297. The summed E-state index contributed by atoms with van der Waals surface area (Å²) in [7, 11) is -3.72. The first-order chi connectivity index (χ1) is 28.7. The predicted octanol–water partition coefficient (Wildman–Crippen LogP) is 4.55. The Hall–Kier alpha value is -5.04. The Kier molecular flexibility index (Phi) is 13.4. The quantitative estimate of drug-likeness (QED) is 0.154. The van der Waals surface area contributed by atoms with Crippen LogP contribution in [0.2, 0.25) is 0 Å². The van der Waals surface area contributed by atoms with Gasteiger partial charge in [-0.05, 0) is 87.1 Å². The van der Waals surface area contributed by atoms with Crippen LogP contribution in [0.15, 0.2) is 70.5 Å². The molecule has 1 saturated carbocycles. The third kappa shape index (κ3) is 10.6. The van der Waals surface area contributed by atoms with Gasteiger partial charge in [0.2, 0.25) is 27.8 Å². The van der Waals surface area contributed by atoms with Crippen molar-refractivity contribution in [2.24, 2.45) is 0 Å². The number of rotatable bonds is 11. The van der Waals surface area contributed by atoms with Gasteiger partial charge in [0, 0.05) is 75.5 Å². The fraction of sp³-hybridized carbons (Fsp3) is 0.500. The minimum Gasteiger partial charge on any atom is -0.492 e. The molecular weight excluding hydrogens is 799 g/mol. The van der Waals surface area contributed by atoms with Crippen molar-refractivity contribution >= 4 is 44.5 Å². The fourth-order valence-corrected chi connectivity index (χ4v) is 9.58. The molecule has 0 radical (unpaired) electrons. The van der Waals surface area contributed by atoms with Crippen molar-refractivity contribution in [2.75, 3.05) is 62.6 Å². The number of fused-ring (bicyclic) bond motifs is 1. The van der Waals surface area contributed by atoms with E-state index in [9.17, 15) is 36.7 Å². The van der Waals surface area contributed by atoms with Gasteiger partial charge in [-0.25, -0.2) is 22.2 Å². The number of hydrogen-bond donors (Lipinski definition) is 4. The Morgan fingerprint density at radius 2 is 1.63 bits per heavy atom. The summed E-state index contributed by atoms with van der Waals surface area (Å²) >= 11 is 0. The first-order valence-corrected chi connectivity index (χ1v) is 22.0. The van der Waals surface area contributed by atoms with Crippen LogP contribution in [0.25, 0.3) is 11.0 Å². The van der Waals surface area contributed by atoms with Crippen LogP contribution in [0.4, 0.5) is 20.4 Å². The monoisotopic (exact) mass is 850 g/mol. The molecule has 8 rings (SSSR count). The Balaban J connectivity index is 0.000000706. The summed E-state index contributed by atoms with van der Waals surface area (Å²) in [5, 5.41) is 15.1. The summed E-state index contributed by atoms with van der Waals surface area (Å²) in [4.78, 5) is 51.2. The van der Waals surface area contributed by atoms with Gasteiger partial charge in [0.1, 0.15) is 18.0 Å². The molecule has 60 heavy (non-hydrogen) atoms. The lowest BCUT2D eigenvalue weighted by atomic mass is 9.90. The van der Waals surface area contributed by atoms with E-state index in [0.717, 1.165) is 62.9 Å². The Bertz CT molecular complexity index is 2290. The molecule has 18 heteroatoms. The standard InChI is InChI=1S/C36H40F2N8O6S.C6H12O/c37-32(38)30-21-24-22-39-36(43-33(24)42-35(30)49)40-25-11-13-46(14-12-25)53(50,51)28-7-5-27(6-8-28)52-20-19-44-15-17-45(18-16-44)26-3-1-23(2-4-26)29-9-10-31(47)41-34(29)48;1-6(7)4-2-3-5-6/h1-8,21-22,25,29,32H,9-20H2,(H,41,47,48)(H2,39,40,42,43,49);7H,2-5H2,1H3. The largest absolute Gasteiger partial charge is 0.492 e. The zero-order valence-corrected chi connectivity index (χ0v) is 34.4. The van der Waals surface area contributed by atoms with Crippen molar-refractivity contribution in [3.05, 3.63) is 82.3 Å². The van der Waals surface area contributed by atoms with Crippen LogP contribution >= 0.6 is 0 Å². The number of aromatic nitrogens is 3. The second-order valence-corrected chi connectivity index (χ2v) is 18.1. The van der Waals surface area contributed by atoms with Gasteiger partial charge in [0.05, 0.1) is 22.0 Å². The third-order valence-corrected chi connectivity index (χ3v) is 13.6. The molecule has 3 aliphatic heterocycles. The van der Waals surface area contributed by atoms with Crippen LogP contribution in [-0.2, 0) is 19.6 Å². The third-order valence-electron chi connectivity index (χ3n) is 11.7. The number of imide groups is 1. The number of piperazine rings is 1. The maximum atomic E-state index is 13.4. The number of anilines is 2.